The zero-order valence-corrected chi connectivity index (χ0v) is 10.0. The Bertz CT molecular complexity index is 365. The zero-order valence-electron chi connectivity index (χ0n) is 10.0. The fraction of sp³-hybridized carbons (Fsp3) is 0.462. The van der Waals surface area contributed by atoms with Crippen LogP contribution in [0.3, 0.4) is 0 Å². The highest BCUT2D eigenvalue weighted by molar-refractivity contribution is 5.47. The molecule has 0 aliphatic carbocycles. The van der Waals surface area contributed by atoms with Gasteiger partial charge in [0.2, 0.25) is 0 Å². The van der Waals surface area contributed by atoms with Gasteiger partial charge in [0.25, 0.3) is 0 Å². The van der Waals surface area contributed by atoms with Gasteiger partial charge >= 0.3 is 0 Å². The van der Waals surface area contributed by atoms with Crippen molar-refractivity contribution in [3.8, 4) is 6.07 Å². The summed E-state index contributed by atoms with van der Waals surface area (Å²) >= 11 is 0. The Morgan fingerprint density at radius 2 is 1.88 bits per heavy atom. The smallest absolute Gasteiger partial charge is 0.0971 e. The van der Waals surface area contributed by atoms with Crippen molar-refractivity contribution in [3.63, 3.8) is 0 Å². The average Bonchev–Trinajstić information content (AvgIpc) is 2.30. The minimum Gasteiger partial charge on any atom is -0.391 e. The van der Waals surface area contributed by atoms with Crippen molar-refractivity contribution in [2.24, 2.45) is 0 Å². The molecule has 0 spiro atoms. The molecule has 2 atom stereocenters. The van der Waals surface area contributed by atoms with Crippen molar-refractivity contribution in [2.75, 3.05) is 19.0 Å². The average molecular weight is 218 g/mol. The number of rotatable bonds is 4. The van der Waals surface area contributed by atoms with Gasteiger partial charge in [-0.3, -0.25) is 0 Å². The van der Waals surface area contributed by atoms with Crippen molar-refractivity contribution in [1.29, 1.82) is 5.26 Å². The Morgan fingerprint density at radius 1 is 1.31 bits per heavy atom. The highest BCUT2D eigenvalue weighted by atomic mass is 16.3. The highest BCUT2D eigenvalue weighted by Crippen LogP contribution is 2.23. The van der Waals surface area contributed by atoms with Crippen LogP contribution in [-0.4, -0.2) is 25.3 Å². The van der Waals surface area contributed by atoms with Crippen LogP contribution in [0.4, 0.5) is 5.69 Å². The second-order valence-electron chi connectivity index (χ2n) is 4.07. The molecule has 2 unspecified atom stereocenters. The van der Waals surface area contributed by atoms with Crippen LogP contribution in [-0.2, 0) is 0 Å². The summed E-state index contributed by atoms with van der Waals surface area (Å²) in [4.78, 5) is 2.00. The fourth-order valence-corrected chi connectivity index (χ4v) is 1.60. The van der Waals surface area contributed by atoms with E-state index in [1.54, 1.807) is 0 Å². The summed E-state index contributed by atoms with van der Waals surface area (Å²) in [6.07, 6.45) is 0.00316. The molecule has 16 heavy (non-hydrogen) atoms. The van der Waals surface area contributed by atoms with Crippen molar-refractivity contribution in [1.82, 2.24) is 0 Å². The second kappa shape index (κ2) is 5.53. The highest BCUT2D eigenvalue weighted by Gasteiger charge is 2.18. The Kier molecular flexibility index (Phi) is 4.33. The first-order chi connectivity index (χ1) is 7.60. The quantitative estimate of drug-likeness (QED) is 0.842. The lowest BCUT2D eigenvalue weighted by Crippen LogP contribution is -2.16. The molecule has 0 amide bonds. The normalized spacial score (nSPS) is 13.9. The third-order valence-corrected chi connectivity index (χ3v) is 2.71. The standard InChI is InChI=1S/C13H18N2O/c1-4-13(16)12(9-14)10-5-7-11(8-6-10)15(2)3/h5-8,12-13,16H,4H2,1-3H3. The van der Waals surface area contributed by atoms with Gasteiger partial charge < -0.3 is 10.0 Å². The molecule has 3 heteroatoms. The molecule has 0 aromatic heterocycles. The van der Waals surface area contributed by atoms with Crippen LogP contribution in [0, 0.1) is 11.3 Å². The molecule has 0 saturated carbocycles. The lowest BCUT2D eigenvalue weighted by atomic mass is 9.93. The molecule has 86 valence electrons. The Balaban J connectivity index is 2.92. The maximum Gasteiger partial charge on any atom is 0.0971 e. The van der Waals surface area contributed by atoms with Crippen molar-refractivity contribution >= 4 is 5.69 Å². The van der Waals surface area contributed by atoms with Gasteiger partial charge in [-0.25, -0.2) is 0 Å². The molecule has 0 fully saturated rings. The van der Waals surface area contributed by atoms with E-state index in [0.29, 0.717) is 6.42 Å². The van der Waals surface area contributed by atoms with Crippen LogP contribution < -0.4 is 4.90 Å². The maximum absolute atomic E-state index is 9.72. The minimum atomic E-state index is -0.588. The van der Waals surface area contributed by atoms with E-state index in [0.717, 1.165) is 11.3 Å². The van der Waals surface area contributed by atoms with Crippen LogP contribution >= 0.6 is 0 Å². The van der Waals surface area contributed by atoms with E-state index in [-0.39, 0.29) is 0 Å². The number of aliphatic hydroxyl groups excluding tert-OH is 1. The van der Waals surface area contributed by atoms with E-state index in [4.69, 9.17) is 5.26 Å². The molecule has 1 aromatic rings. The number of benzene rings is 1. The van der Waals surface area contributed by atoms with Crippen LogP contribution in [0.25, 0.3) is 0 Å². The summed E-state index contributed by atoms with van der Waals surface area (Å²) in [6, 6.07) is 9.88. The lowest BCUT2D eigenvalue weighted by Gasteiger charge is -2.17. The summed E-state index contributed by atoms with van der Waals surface area (Å²) in [6.45, 7) is 1.88. The monoisotopic (exact) mass is 218 g/mol. The number of hydrogen-bond donors (Lipinski definition) is 1. The molecule has 0 saturated heterocycles. The van der Waals surface area contributed by atoms with Crippen molar-refractivity contribution < 1.29 is 5.11 Å². The van der Waals surface area contributed by atoms with E-state index in [2.05, 4.69) is 6.07 Å². The molecule has 1 aromatic carbocycles. The molecule has 0 radical (unpaired) electrons. The van der Waals surface area contributed by atoms with Gasteiger partial charge in [0.05, 0.1) is 18.1 Å². The predicted octanol–water partition coefficient (Wildman–Crippen LogP) is 2.13. The first-order valence-electron chi connectivity index (χ1n) is 5.45. The molecule has 0 aliphatic rings. The maximum atomic E-state index is 9.72. The number of hydrogen-bond acceptors (Lipinski definition) is 3. The molecule has 0 aliphatic heterocycles. The number of anilines is 1. The lowest BCUT2D eigenvalue weighted by molar-refractivity contribution is 0.157. The summed E-state index contributed by atoms with van der Waals surface area (Å²) in [5.41, 5.74) is 1.97. The Morgan fingerprint density at radius 3 is 2.25 bits per heavy atom. The van der Waals surface area contributed by atoms with Gasteiger partial charge in [-0.05, 0) is 24.1 Å². The first kappa shape index (κ1) is 12.5. The van der Waals surface area contributed by atoms with Gasteiger partial charge in [0.1, 0.15) is 0 Å². The fourth-order valence-electron chi connectivity index (χ4n) is 1.60. The molecule has 0 heterocycles. The molecular weight excluding hydrogens is 200 g/mol. The van der Waals surface area contributed by atoms with E-state index in [9.17, 15) is 5.11 Å². The molecule has 0 bridgehead atoms. The zero-order chi connectivity index (χ0) is 12.1. The van der Waals surface area contributed by atoms with Crippen LogP contribution in [0.5, 0.6) is 0 Å². The van der Waals surface area contributed by atoms with Gasteiger partial charge in [0, 0.05) is 19.8 Å². The molecule has 1 N–H and O–H groups in total. The SMILES string of the molecule is CCC(O)C(C#N)c1ccc(N(C)C)cc1. The molecular formula is C13H18N2O. The van der Waals surface area contributed by atoms with Crippen molar-refractivity contribution in [3.05, 3.63) is 29.8 Å². The van der Waals surface area contributed by atoms with Gasteiger partial charge in [0.15, 0.2) is 0 Å². The van der Waals surface area contributed by atoms with E-state index < -0.39 is 12.0 Å². The summed E-state index contributed by atoms with van der Waals surface area (Å²) in [5.74, 6) is -0.429. The first-order valence-corrected chi connectivity index (χ1v) is 5.45. The largest absolute Gasteiger partial charge is 0.391 e. The molecule has 3 nitrogen and oxygen atoms in total. The van der Waals surface area contributed by atoms with Gasteiger partial charge in [-0.15, -0.1) is 0 Å². The van der Waals surface area contributed by atoms with Crippen LogP contribution in [0.2, 0.25) is 0 Å². The van der Waals surface area contributed by atoms with Crippen LogP contribution in [0.15, 0.2) is 24.3 Å². The van der Waals surface area contributed by atoms with E-state index in [1.807, 2.05) is 50.2 Å². The Hall–Kier alpha value is -1.53. The van der Waals surface area contributed by atoms with E-state index >= 15 is 0 Å². The predicted molar refractivity (Wildman–Crippen MR) is 65.4 cm³/mol. The summed E-state index contributed by atoms with van der Waals surface area (Å²) in [7, 11) is 3.94. The third-order valence-electron chi connectivity index (χ3n) is 2.71. The van der Waals surface area contributed by atoms with Crippen LogP contribution in [0.1, 0.15) is 24.8 Å². The number of nitriles is 1. The Labute approximate surface area is 96.9 Å². The van der Waals surface area contributed by atoms with Crippen molar-refractivity contribution in [2.45, 2.75) is 25.4 Å². The summed E-state index contributed by atoms with van der Waals surface area (Å²) in [5, 5.41) is 18.8. The molecule has 1 rings (SSSR count). The second-order valence-corrected chi connectivity index (χ2v) is 4.07. The van der Waals surface area contributed by atoms with Gasteiger partial charge in [-0.2, -0.15) is 5.26 Å². The topological polar surface area (TPSA) is 47.3 Å². The third kappa shape index (κ3) is 2.74. The number of nitrogens with zero attached hydrogens (tertiary/aromatic N) is 2. The van der Waals surface area contributed by atoms with Gasteiger partial charge in [-0.1, -0.05) is 19.1 Å². The van der Waals surface area contributed by atoms with E-state index in [1.165, 1.54) is 0 Å². The minimum absolute atomic E-state index is 0.429. The number of aliphatic hydroxyl groups is 1. The summed E-state index contributed by atoms with van der Waals surface area (Å²) < 4.78 is 0.